The third kappa shape index (κ3) is 2.49. The lowest BCUT2D eigenvalue weighted by atomic mass is 9.94. The van der Waals surface area contributed by atoms with Crippen LogP contribution in [0.15, 0.2) is 16.6 Å². The summed E-state index contributed by atoms with van der Waals surface area (Å²) in [6.07, 6.45) is 0.650. The molecule has 0 bridgehead atoms. The van der Waals surface area contributed by atoms with Crippen molar-refractivity contribution in [3.8, 4) is 0 Å². The topological polar surface area (TPSA) is 63.5 Å². The second-order valence-corrected chi connectivity index (χ2v) is 6.56. The standard InChI is InChI=1S/C13H15BrN2O3/c1-13(2,3)12(17)15-5-4-8-6-9(14)7-10(11(8)15)16(18)19/h6-7H,4-5H2,1-3H3. The number of rotatable bonds is 1. The van der Waals surface area contributed by atoms with Crippen molar-refractivity contribution in [3.05, 3.63) is 32.3 Å². The Morgan fingerprint density at radius 3 is 2.58 bits per heavy atom. The van der Waals surface area contributed by atoms with E-state index < -0.39 is 10.3 Å². The lowest BCUT2D eigenvalue weighted by Crippen LogP contribution is -2.38. The van der Waals surface area contributed by atoms with E-state index in [-0.39, 0.29) is 11.6 Å². The third-order valence-electron chi connectivity index (χ3n) is 3.09. The predicted octanol–water partition coefficient (Wildman–Crippen LogP) is 3.29. The minimum absolute atomic E-state index is 0.0144. The average Bonchev–Trinajstić information content (AvgIpc) is 2.68. The molecule has 1 amide bonds. The van der Waals surface area contributed by atoms with Crippen LogP contribution in [-0.2, 0) is 11.2 Å². The molecule has 2 rings (SSSR count). The fourth-order valence-corrected chi connectivity index (χ4v) is 2.73. The van der Waals surface area contributed by atoms with Crippen molar-refractivity contribution in [2.24, 2.45) is 5.41 Å². The fourth-order valence-electron chi connectivity index (χ4n) is 2.23. The number of amides is 1. The van der Waals surface area contributed by atoms with Gasteiger partial charge in [0.15, 0.2) is 0 Å². The summed E-state index contributed by atoms with van der Waals surface area (Å²) >= 11 is 3.27. The lowest BCUT2D eigenvalue weighted by Gasteiger charge is -2.26. The first-order valence-electron chi connectivity index (χ1n) is 6.00. The molecular formula is C13H15BrN2O3. The van der Waals surface area contributed by atoms with E-state index in [4.69, 9.17) is 0 Å². The third-order valence-corrected chi connectivity index (χ3v) is 3.55. The summed E-state index contributed by atoms with van der Waals surface area (Å²) in [6, 6.07) is 3.30. The van der Waals surface area contributed by atoms with Gasteiger partial charge in [0, 0.05) is 22.5 Å². The highest BCUT2D eigenvalue weighted by molar-refractivity contribution is 9.10. The fraction of sp³-hybridized carbons (Fsp3) is 0.462. The molecule has 0 aliphatic carbocycles. The maximum Gasteiger partial charge on any atom is 0.294 e. The predicted molar refractivity (Wildman–Crippen MR) is 76.3 cm³/mol. The number of fused-ring (bicyclic) bond motifs is 1. The van der Waals surface area contributed by atoms with Crippen molar-refractivity contribution in [2.45, 2.75) is 27.2 Å². The molecule has 1 aromatic rings. The van der Waals surface area contributed by atoms with Crippen molar-refractivity contribution in [3.63, 3.8) is 0 Å². The minimum Gasteiger partial charge on any atom is -0.305 e. The summed E-state index contributed by atoms with van der Waals surface area (Å²) in [6.45, 7) is 5.96. The first-order valence-corrected chi connectivity index (χ1v) is 6.80. The summed E-state index contributed by atoms with van der Waals surface area (Å²) in [5, 5.41) is 11.2. The van der Waals surface area contributed by atoms with E-state index >= 15 is 0 Å². The molecular weight excluding hydrogens is 312 g/mol. The molecule has 0 saturated carbocycles. The van der Waals surface area contributed by atoms with Crippen LogP contribution >= 0.6 is 15.9 Å². The van der Waals surface area contributed by atoms with E-state index in [9.17, 15) is 14.9 Å². The normalized spacial score (nSPS) is 14.4. The summed E-state index contributed by atoms with van der Waals surface area (Å²) in [5.74, 6) is -0.0864. The monoisotopic (exact) mass is 326 g/mol. The van der Waals surface area contributed by atoms with Crippen LogP contribution in [0.25, 0.3) is 0 Å². The van der Waals surface area contributed by atoms with Crippen molar-refractivity contribution < 1.29 is 9.72 Å². The Labute approximate surface area is 119 Å². The van der Waals surface area contributed by atoms with Gasteiger partial charge in [-0.25, -0.2) is 0 Å². The molecule has 0 fully saturated rings. The number of hydrogen-bond donors (Lipinski definition) is 0. The number of anilines is 1. The van der Waals surface area contributed by atoms with Crippen LogP contribution in [0, 0.1) is 15.5 Å². The molecule has 5 nitrogen and oxygen atoms in total. The Morgan fingerprint density at radius 1 is 1.42 bits per heavy atom. The van der Waals surface area contributed by atoms with E-state index in [1.807, 2.05) is 26.8 Å². The molecule has 19 heavy (non-hydrogen) atoms. The zero-order chi connectivity index (χ0) is 14.4. The summed E-state index contributed by atoms with van der Waals surface area (Å²) in [7, 11) is 0. The van der Waals surface area contributed by atoms with Gasteiger partial charge in [-0.05, 0) is 18.1 Å². The molecule has 1 aliphatic rings. The molecule has 102 valence electrons. The van der Waals surface area contributed by atoms with Gasteiger partial charge >= 0.3 is 0 Å². The molecule has 6 heteroatoms. The second-order valence-electron chi connectivity index (χ2n) is 5.65. The first kappa shape index (κ1) is 14.0. The van der Waals surface area contributed by atoms with Crippen molar-refractivity contribution in [1.82, 2.24) is 0 Å². The van der Waals surface area contributed by atoms with E-state index in [2.05, 4.69) is 15.9 Å². The number of carbonyl (C=O) groups is 1. The Balaban J connectivity index is 2.55. The molecule has 1 heterocycles. The van der Waals surface area contributed by atoms with Crippen LogP contribution in [-0.4, -0.2) is 17.4 Å². The van der Waals surface area contributed by atoms with E-state index in [1.165, 1.54) is 6.07 Å². The van der Waals surface area contributed by atoms with Gasteiger partial charge in [-0.2, -0.15) is 0 Å². The molecule has 0 spiro atoms. The number of benzene rings is 1. The average molecular weight is 327 g/mol. The number of halogens is 1. The SMILES string of the molecule is CC(C)(C)C(=O)N1CCc2cc(Br)cc([N+](=O)[O-])c21. The van der Waals surface area contributed by atoms with E-state index in [0.717, 1.165) is 5.56 Å². The highest BCUT2D eigenvalue weighted by Gasteiger charge is 2.37. The van der Waals surface area contributed by atoms with Crippen LogP contribution in [0.2, 0.25) is 0 Å². The molecule has 1 aromatic carbocycles. The maximum atomic E-state index is 12.4. The van der Waals surface area contributed by atoms with Gasteiger partial charge in [-0.3, -0.25) is 14.9 Å². The Morgan fingerprint density at radius 2 is 2.05 bits per heavy atom. The summed E-state index contributed by atoms with van der Waals surface area (Å²) in [5.41, 5.74) is 0.731. The van der Waals surface area contributed by atoms with Gasteiger partial charge in [0.25, 0.3) is 5.69 Å². The van der Waals surface area contributed by atoms with Crippen molar-refractivity contribution in [2.75, 3.05) is 11.4 Å². The van der Waals surface area contributed by atoms with Crippen LogP contribution in [0.5, 0.6) is 0 Å². The number of nitro benzene ring substituents is 1. The van der Waals surface area contributed by atoms with Gasteiger partial charge < -0.3 is 4.90 Å². The quantitative estimate of drug-likeness (QED) is 0.587. The Bertz CT molecular complexity index is 564. The highest BCUT2D eigenvalue weighted by Crippen LogP contribution is 2.41. The van der Waals surface area contributed by atoms with Gasteiger partial charge in [0.1, 0.15) is 5.69 Å². The van der Waals surface area contributed by atoms with Gasteiger partial charge in [-0.1, -0.05) is 36.7 Å². The molecule has 0 saturated heterocycles. The molecule has 0 aromatic heterocycles. The second kappa shape index (κ2) is 4.59. The van der Waals surface area contributed by atoms with Crippen LogP contribution in [0.1, 0.15) is 26.3 Å². The largest absolute Gasteiger partial charge is 0.305 e. The van der Waals surface area contributed by atoms with Crippen LogP contribution in [0.3, 0.4) is 0 Å². The molecule has 0 radical (unpaired) electrons. The summed E-state index contributed by atoms with van der Waals surface area (Å²) < 4.78 is 0.669. The highest BCUT2D eigenvalue weighted by atomic mass is 79.9. The Kier molecular flexibility index (Phi) is 3.38. The van der Waals surface area contributed by atoms with Crippen molar-refractivity contribution >= 4 is 33.2 Å². The molecule has 0 atom stereocenters. The molecule has 0 unspecified atom stereocenters. The maximum absolute atomic E-state index is 12.4. The lowest BCUT2D eigenvalue weighted by molar-refractivity contribution is -0.384. The number of nitro groups is 1. The first-order chi connectivity index (χ1) is 8.71. The van der Waals surface area contributed by atoms with E-state index in [0.29, 0.717) is 23.1 Å². The van der Waals surface area contributed by atoms with Gasteiger partial charge in [-0.15, -0.1) is 0 Å². The van der Waals surface area contributed by atoms with E-state index in [1.54, 1.807) is 4.90 Å². The summed E-state index contributed by atoms with van der Waals surface area (Å²) in [4.78, 5) is 24.7. The number of carbonyl (C=O) groups excluding carboxylic acids is 1. The molecule has 0 N–H and O–H groups in total. The van der Waals surface area contributed by atoms with Crippen LogP contribution < -0.4 is 4.90 Å². The van der Waals surface area contributed by atoms with Crippen molar-refractivity contribution in [1.29, 1.82) is 0 Å². The smallest absolute Gasteiger partial charge is 0.294 e. The minimum atomic E-state index is -0.553. The zero-order valence-corrected chi connectivity index (χ0v) is 12.7. The van der Waals surface area contributed by atoms with Gasteiger partial charge in [0.2, 0.25) is 5.91 Å². The number of nitrogens with zero attached hydrogens (tertiary/aromatic N) is 2. The van der Waals surface area contributed by atoms with Crippen LogP contribution in [0.4, 0.5) is 11.4 Å². The Hall–Kier alpha value is -1.43. The molecule has 1 aliphatic heterocycles. The zero-order valence-electron chi connectivity index (χ0n) is 11.1. The van der Waals surface area contributed by atoms with Gasteiger partial charge in [0.05, 0.1) is 4.92 Å². The number of hydrogen-bond acceptors (Lipinski definition) is 3.